The molecule has 0 N–H and O–H groups in total. The van der Waals surface area contributed by atoms with E-state index < -0.39 is 8.32 Å². The van der Waals surface area contributed by atoms with E-state index in [4.69, 9.17) is 9.16 Å². The zero-order chi connectivity index (χ0) is 28.3. The molecule has 0 heterocycles. The van der Waals surface area contributed by atoms with Crippen LogP contribution in [0.15, 0.2) is 11.6 Å². The van der Waals surface area contributed by atoms with Crippen LogP contribution in [0.25, 0.3) is 0 Å². The van der Waals surface area contributed by atoms with Crippen LogP contribution in [0.5, 0.6) is 0 Å². The van der Waals surface area contributed by atoms with Crippen molar-refractivity contribution >= 4 is 20.1 Å². The van der Waals surface area contributed by atoms with Crippen molar-refractivity contribution in [1.82, 2.24) is 0 Å². The van der Waals surface area contributed by atoms with Gasteiger partial charge in [-0.05, 0) is 122 Å². The lowest BCUT2D eigenvalue weighted by Gasteiger charge is -2.61. The van der Waals surface area contributed by atoms with Crippen LogP contribution in [-0.2, 0) is 18.8 Å². The molecule has 9 atom stereocenters. The molecule has 4 aliphatic carbocycles. The smallest absolute Gasteiger partial charge is 0.305 e. The van der Waals surface area contributed by atoms with E-state index in [9.17, 15) is 9.59 Å². The van der Waals surface area contributed by atoms with Gasteiger partial charge in [-0.2, -0.15) is 0 Å². The van der Waals surface area contributed by atoms with E-state index in [0.29, 0.717) is 41.8 Å². The first-order valence-corrected chi connectivity index (χ1v) is 18.5. The predicted molar refractivity (Wildman–Crippen MR) is 157 cm³/mol. The molecule has 0 aromatic carbocycles. The summed E-state index contributed by atoms with van der Waals surface area (Å²) in [4.78, 5) is 26.2. The molecule has 38 heavy (non-hydrogen) atoms. The van der Waals surface area contributed by atoms with Crippen molar-refractivity contribution in [2.45, 2.75) is 130 Å². The van der Waals surface area contributed by atoms with Gasteiger partial charge in [-0.3, -0.25) is 9.59 Å². The Morgan fingerprint density at radius 1 is 1.08 bits per heavy atom. The number of carbonyl (C=O) groups is 2. The topological polar surface area (TPSA) is 52.6 Å². The third-order valence-corrected chi connectivity index (χ3v) is 17.3. The summed E-state index contributed by atoms with van der Waals surface area (Å²) in [5.41, 5.74) is 1.49. The summed E-state index contributed by atoms with van der Waals surface area (Å²) >= 11 is 0. The fourth-order valence-corrected chi connectivity index (χ4v) is 10.9. The lowest BCUT2D eigenvalue weighted by atomic mass is 9.43. The molecule has 4 fully saturated rings. The van der Waals surface area contributed by atoms with Crippen molar-refractivity contribution in [2.24, 2.45) is 46.3 Å². The molecule has 0 spiro atoms. The lowest BCUT2D eigenvalue weighted by Crippen LogP contribution is -2.59. The van der Waals surface area contributed by atoms with Gasteiger partial charge in [0.2, 0.25) is 0 Å². The second-order valence-electron chi connectivity index (χ2n) is 15.5. The highest BCUT2D eigenvalue weighted by molar-refractivity contribution is 6.74. The summed E-state index contributed by atoms with van der Waals surface area (Å²) in [5, 5.41) is 0.200. The molecule has 0 unspecified atom stereocenters. The number of rotatable bonds is 6. The maximum absolute atomic E-state index is 14.4. The van der Waals surface area contributed by atoms with Crippen LogP contribution in [0, 0.1) is 46.3 Å². The van der Waals surface area contributed by atoms with E-state index in [2.05, 4.69) is 67.6 Å². The lowest BCUT2D eigenvalue weighted by molar-refractivity contribution is -0.149. The van der Waals surface area contributed by atoms with Gasteiger partial charge in [0.15, 0.2) is 14.1 Å². The summed E-state index contributed by atoms with van der Waals surface area (Å²) in [6, 6.07) is 0. The third kappa shape index (κ3) is 4.90. The number of hydrogen-bond donors (Lipinski definition) is 0. The fraction of sp³-hybridized carbons (Fsp3) is 0.879. The maximum Gasteiger partial charge on any atom is 0.305 e. The number of methoxy groups -OCH3 is 1. The molecule has 0 aromatic rings. The number of fused-ring (bicyclic) bond motifs is 5. The largest absolute Gasteiger partial charge is 0.469 e. The van der Waals surface area contributed by atoms with Crippen molar-refractivity contribution in [3.05, 3.63) is 11.6 Å². The normalized spacial score (nSPS) is 41.3. The minimum Gasteiger partial charge on any atom is -0.469 e. The van der Waals surface area contributed by atoms with Gasteiger partial charge in [0, 0.05) is 18.4 Å². The molecule has 4 saturated carbocycles. The molecule has 0 radical (unpaired) electrons. The number of carbonyl (C=O) groups excluding carboxylic acids is 2. The van der Waals surface area contributed by atoms with Crippen LogP contribution < -0.4 is 0 Å². The molecule has 0 amide bonds. The zero-order valence-electron chi connectivity index (χ0n) is 26.1. The molecule has 0 aliphatic heterocycles. The second kappa shape index (κ2) is 10.5. The standard InChI is InChI=1S/C33H56O4Si/c1-11-23-27-20-22(37-38(9,10)31(3,4)5)16-18-33(27,7)26-17-19-32(6)24(21(2)12-15-28(34)36-8)13-14-25(32)29(26)30(23)35/h11,21-22,24-27,29H,12-20H2,1-10H3/b23-11+/t21-,22-,24-,25+,26+,27+,29+,32-,33-/m1/s1. The zero-order valence-corrected chi connectivity index (χ0v) is 27.1. The number of hydrogen-bond acceptors (Lipinski definition) is 4. The minimum absolute atomic E-state index is 0.104. The molecule has 216 valence electrons. The van der Waals surface area contributed by atoms with Crippen LogP contribution in [-0.4, -0.2) is 33.3 Å². The van der Waals surface area contributed by atoms with Gasteiger partial charge in [-0.25, -0.2) is 0 Å². The van der Waals surface area contributed by atoms with E-state index in [1.54, 1.807) is 0 Å². The predicted octanol–water partition coefficient (Wildman–Crippen LogP) is 8.36. The van der Waals surface area contributed by atoms with Crippen LogP contribution in [0.3, 0.4) is 0 Å². The van der Waals surface area contributed by atoms with Gasteiger partial charge < -0.3 is 9.16 Å². The molecule has 5 heteroatoms. The first-order valence-electron chi connectivity index (χ1n) is 15.6. The second-order valence-corrected chi connectivity index (χ2v) is 20.3. The average Bonchev–Trinajstić information content (AvgIpc) is 3.19. The molecular weight excluding hydrogens is 488 g/mol. The van der Waals surface area contributed by atoms with Crippen LogP contribution >= 0.6 is 0 Å². The number of allylic oxidation sites excluding steroid dienone is 2. The van der Waals surface area contributed by atoms with E-state index in [1.165, 1.54) is 32.8 Å². The number of ketones is 1. The summed E-state index contributed by atoms with van der Waals surface area (Å²) in [6.45, 7) is 21.1. The average molecular weight is 545 g/mol. The van der Waals surface area contributed by atoms with E-state index in [-0.39, 0.29) is 33.9 Å². The molecule has 0 aromatic heterocycles. The fourth-order valence-electron chi connectivity index (χ4n) is 9.50. The van der Waals surface area contributed by atoms with Gasteiger partial charge in [0.05, 0.1) is 7.11 Å². The first-order chi connectivity index (χ1) is 17.6. The monoisotopic (exact) mass is 544 g/mol. The summed E-state index contributed by atoms with van der Waals surface area (Å²) in [6.07, 6.45) is 11.9. The number of Topliss-reactive ketones (excluding diaryl/α,β-unsaturated/α-hetero) is 1. The Bertz CT molecular complexity index is 947. The van der Waals surface area contributed by atoms with Crippen LogP contribution in [0.2, 0.25) is 18.1 Å². The van der Waals surface area contributed by atoms with Gasteiger partial charge in [-0.15, -0.1) is 0 Å². The van der Waals surface area contributed by atoms with Gasteiger partial charge in [0.1, 0.15) is 0 Å². The van der Waals surface area contributed by atoms with Crippen molar-refractivity contribution < 1.29 is 18.8 Å². The van der Waals surface area contributed by atoms with Gasteiger partial charge in [0.25, 0.3) is 0 Å². The SMILES string of the molecule is C/C=C1/C(=O)[C@@H]2[C@H](CC[C@]3(C)[C@@H]([C@H](C)CCC(=O)OC)CC[C@@H]23)[C@@]2(C)CC[C@@H](O[Si](C)(C)C(C)(C)C)C[C@@H]12. The van der Waals surface area contributed by atoms with Gasteiger partial charge in [-0.1, -0.05) is 47.6 Å². The molecule has 0 saturated heterocycles. The molecular formula is C33H56O4Si. The number of esters is 1. The van der Waals surface area contributed by atoms with Crippen molar-refractivity contribution in [1.29, 1.82) is 0 Å². The van der Waals surface area contributed by atoms with E-state index in [0.717, 1.165) is 31.3 Å². The van der Waals surface area contributed by atoms with E-state index in [1.807, 2.05) is 0 Å². The van der Waals surface area contributed by atoms with Crippen molar-refractivity contribution in [3.63, 3.8) is 0 Å². The van der Waals surface area contributed by atoms with Crippen LogP contribution in [0.4, 0.5) is 0 Å². The highest BCUT2D eigenvalue weighted by Gasteiger charge is 2.64. The van der Waals surface area contributed by atoms with Crippen molar-refractivity contribution in [2.75, 3.05) is 7.11 Å². The van der Waals surface area contributed by atoms with Gasteiger partial charge >= 0.3 is 5.97 Å². The third-order valence-electron chi connectivity index (χ3n) is 12.8. The molecule has 4 aliphatic rings. The Kier molecular flexibility index (Phi) is 8.27. The summed E-state index contributed by atoms with van der Waals surface area (Å²) in [7, 11) is -0.371. The molecule has 4 nitrogen and oxygen atoms in total. The highest BCUT2D eigenvalue weighted by Crippen LogP contribution is 2.68. The quantitative estimate of drug-likeness (QED) is 0.191. The minimum atomic E-state index is -1.85. The van der Waals surface area contributed by atoms with E-state index >= 15 is 0 Å². The molecule has 4 rings (SSSR count). The summed E-state index contributed by atoms with van der Waals surface area (Å²) < 4.78 is 11.9. The summed E-state index contributed by atoms with van der Waals surface area (Å²) in [5.74, 6) is 2.86. The Balaban J connectivity index is 1.57. The maximum atomic E-state index is 14.4. The Hall–Kier alpha value is -0.943. The Labute approximate surface area is 234 Å². The molecule has 0 bridgehead atoms. The van der Waals surface area contributed by atoms with Crippen molar-refractivity contribution in [3.8, 4) is 0 Å². The first kappa shape index (κ1) is 30.0. The number of ether oxygens (including phenoxy) is 1. The Morgan fingerprint density at radius 2 is 1.71 bits per heavy atom. The highest BCUT2D eigenvalue weighted by atomic mass is 28.4. The Morgan fingerprint density at radius 3 is 2.32 bits per heavy atom. The van der Waals surface area contributed by atoms with Crippen LogP contribution in [0.1, 0.15) is 106 Å².